The van der Waals surface area contributed by atoms with Gasteiger partial charge in [-0.25, -0.2) is 12.8 Å². The number of benzene rings is 1. The van der Waals surface area contributed by atoms with E-state index < -0.39 is 50.3 Å². The number of carbonyl (C=O) groups excluding carboxylic acids is 1. The van der Waals surface area contributed by atoms with Crippen molar-refractivity contribution in [3.63, 3.8) is 0 Å². The first-order valence-corrected chi connectivity index (χ1v) is 7.11. The van der Waals surface area contributed by atoms with Crippen LogP contribution in [-0.4, -0.2) is 26.3 Å². The molecule has 9 heteroatoms. The Morgan fingerprint density at radius 2 is 1.70 bits per heavy atom. The highest BCUT2D eigenvalue weighted by atomic mass is 32.2. The predicted octanol–water partition coefficient (Wildman–Crippen LogP) is 1.48. The van der Waals surface area contributed by atoms with E-state index in [1.165, 1.54) is 5.32 Å². The first-order valence-electron chi connectivity index (χ1n) is 5.46. The topological polar surface area (TPSA) is 63.2 Å². The number of hydrogen-bond acceptors (Lipinski definition) is 3. The SMILES string of the molecule is O=C1CCS(=O)(=O)C(c2ccc(F)cc2)(C(F)(F)F)N1. The van der Waals surface area contributed by atoms with Gasteiger partial charge in [0, 0.05) is 12.0 Å². The van der Waals surface area contributed by atoms with Crippen molar-refractivity contribution in [2.75, 3.05) is 5.75 Å². The molecule has 0 saturated carbocycles. The van der Waals surface area contributed by atoms with Gasteiger partial charge in [-0.3, -0.25) is 4.79 Å². The highest BCUT2D eigenvalue weighted by molar-refractivity contribution is 7.92. The van der Waals surface area contributed by atoms with E-state index in [0.717, 1.165) is 0 Å². The van der Waals surface area contributed by atoms with Gasteiger partial charge in [0.2, 0.25) is 5.91 Å². The summed E-state index contributed by atoms with van der Waals surface area (Å²) < 4.78 is 76.8. The Kier molecular flexibility index (Phi) is 3.28. The highest BCUT2D eigenvalue weighted by Crippen LogP contribution is 2.45. The fraction of sp³-hybridized carbons (Fsp3) is 0.364. The molecule has 1 aromatic carbocycles. The van der Waals surface area contributed by atoms with E-state index in [9.17, 15) is 30.8 Å². The molecule has 0 aliphatic carbocycles. The van der Waals surface area contributed by atoms with E-state index in [1.54, 1.807) is 0 Å². The second-order valence-corrected chi connectivity index (χ2v) is 6.55. The van der Waals surface area contributed by atoms with Gasteiger partial charge in [-0.1, -0.05) is 12.1 Å². The number of hydrogen-bond donors (Lipinski definition) is 1. The van der Waals surface area contributed by atoms with Gasteiger partial charge in [0.15, 0.2) is 9.84 Å². The molecule has 1 unspecified atom stereocenters. The predicted molar refractivity (Wildman–Crippen MR) is 60.7 cm³/mol. The monoisotopic (exact) mass is 311 g/mol. The van der Waals surface area contributed by atoms with E-state index in [0.29, 0.717) is 24.3 Å². The molecular weight excluding hydrogens is 302 g/mol. The van der Waals surface area contributed by atoms with Gasteiger partial charge in [-0.15, -0.1) is 0 Å². The van der Waals surface area contributed by atoms with Crippen molar-refractivity contribution in [1.29, 1.82) is 0 Å². The molecule has 1 fully saturated rings. The summed E-state index contributed by atoms with van der Waals surface area (Å²) in [6.45, 7) is 0. The van der Waals surface area contributed by atoms with Gasteiger partial charge >= 0.3 is 6.18 Å². The maximum Gasteiger partial charge on any atom is 0.430 e. The summed E-state index contributed by atoms with van der Waals surface area (Å²) >= 11 is 0. The maximum absolute atomic E-state index is 13.4. The van der Waals surface area contributed by atoms with Crippen LogP contribution in [0.4, 0.5) is 17.6 Å². The average Bonchev–Trinajstić information content (AvgIpc) is 2.32. The number of sulfone groups is 1. The Bertz CT molecular complexity index is 639. The lowest BCUT2D eigenvalue weighted by Gasteiger charge is -2.38. The largest absolute Gasteiger partial charge is 0.430 e. The van der Waals surface area contributed by atoms with Crippen LogP contribution in [0.3, 0.4) is 0 Å². The second kappa shape index (κ2) is 4.44. The number of halogens is 4. The Labute approximate surface area is 111 Å². The molecule has 20 heavy (non-hydrogen) atoms. The van der Waals surface area contributed by atoms with E-state index in [-0.39, 0.29) is 0 Å². The molecular formula is C11H9F4NO3S. The van der Waals surface area contributed by atoms with Crippen LogP contribution in [0.1, 0.15) is 12.0 Å². The molecule has 1 heterocycles. The van der Waals surface area contributed by atoms with E-state index >= 15 is 0 Å². The minimum Gasteiger partial charge on any atom is -0.326 e. The summed E-state index contributed by atoms with van der Waals surface area (Å²) in [5, 5.41) is 1.52. The molecule has 1 saturated heterocycles. The van der Waals surface area contributed by atoms with Crippen LogP contribution in [-0.2, 0) is 19.5 Å². The van der Waals surface area contributed by atoms with Crippen molar-refractivity contribution in [2.45, 2.75) is 17.5 Å². The summed E-state index contributed by atoms with van der Waals surface area (Å²) in [5.41, 5.74) is -0.737. The summed E-state index contributed by atoms with van der Waals surface area (Å²) in [5.74, 6) is -2.76. The first kappa shape index (κ1) is 14.8. The number of carbonyl (C=O) groups is 1. The van der Waals surface area contributed by atoms with Crippen LogP contribution in [0, 0.1) is 5.82 Å². The number of nitrogens with one attached hydrogen (secondary N) is 1. The lowest BCUT2D eigenvalue weighted by Crippen LogP contribution is -2.64. The zero-order valence-corrected chi connectivity index (χ0v) is 10.7. The minimum atomic E-state index is -5.26. The lowest BCUT2D eigenvalue weighted by atomic mass is 10.0. The molecule has 1 atom stereocenters. The van der Waals surface area contributed by atoms with Crippen molar-refractivity contribution in [1.82, 2.24) is 5.32 Å². The van der Waals surface area contributed by atoms with Gasteiger partial charge in [0.1, 0.15) is 5.82 Å². The number of alkyl halides is 3. The smallest absolute Gasteiger partial charge is 0.326 e. The van der Waals surface area contributed by atoms with Crippen LogP contribution in [0.25, 0.3) is 0 Å². The van der Waals surface area contributed by atoms with Crippen molar-refractivity contribution < 1.29 is 30.8 Å². The van der Waals surface area contributed by atoms with Crippen molar-refractivity contribution >= 4 is 15.7 Å². The van der Waals surface area contributed by atoms with Gasteiger partial charge in [0.05, 0.1) is 5.75 Å². The van der Waals surface area contributed by atoms with Crippen LogP contribution in [0.5, 0.6) is 0 Å². The van der Waals surface area contributed by atoms with Gasteiger partial charge in [-0.2, -0.15) is 13.2 Å². The minimum absolute atomic E-state index is 0.540. The zero-order valence-electron chi connectivity index (χ0n) is 9.87. The van der Waals surface area contributed by atoms with Gasteiger partial charge in [0.25, 0.3) is 4.87 Å². The van der Waals surface area contributed by atoms with Crippen molar-refractivity contribution in [3.05, 3.63) is 35.6 Å². The lowest BCUT2D eigenvalue weighted by molar-refractivity contribution is -0.178. The molecule has 1 amide bonds. The molecule has 0 aromatic heterocycles. The maximum atomic E-state index is 13.4. The van der Waals surface area contributed by atoms with Crippen LogP contribution >= 0.6 is 0 Å². The molecule has 2 rings (SSSR count). The van der Waals surface area contributed by atoms with Crippen LogP contribution in [0.2, 0.25) is 0 Å². The molecule has 1 aliphatic rings. The molecule has 1 aliphatic heterocycles. The third-order valence-electron chi connectivity index (χ3n) is 3.03. The van der Waals surface area contributed by atoms with Crippen LogP contribution in [0.15, 0.2) is 24.3 Å². The molecule has 0 radical (unpaired) electrons. The normalized spacial score (nSPS) is 26.1. The number of amides is 1. The van der Waals surface area contributed by atoms with Gasteiger partial charge < -0.3 is 5.32 Å². The molecule has 0 spiro atoms. The Morgan fingerprint density at radius 3 is 2.20 bits per heavy atom. The zero-order chi connectivity index (χ0) is 15.2. The second-order valence-electron chi connectivity index (χ2n) is 4.30. The van der Waals surface area contributed by atoms with Crippen molar-refractivity contribution in [2.24, 2.45) is 0 Å². The van der Waals surface area contributed by atoms with Gasteiger partial charge in [-0.05, 0) is 12.1 Å². The molecule has 1 N–H and O–H groups in total. The summed E-state index contributed by atoms with van der Waals surface area (Å²) in [7, 11) is -4.72. The summed E-state index contributed by atoms with van der Waals surface area (Å²) in [4.78, 5) is 7.78. The summed E-state index contributed by atoms with van der Waals surface area (Å²) in [6, 6.07) is 2.82. The third-order valence-corrected chi connectivity index (χ3v) is 5.27. The Balaban J connectivity index is 2.74. The van der Waals surface area contributed by atoms with E-state index in [2.05, 4.69) is 0 Å². The first-order chi connectivity index (χ1) is 9.10. The molecule has 1 aromatic rings. The van der Waals surface area contributed by atoms with E-state index in [4.69, 9.17) is 0 Å². The third kappa shape index (κ3) is 2.05. The highest BCUT2D eigenvalue weighted by Gasteiger charge is 2.67. The number of rotatable bonds is 1. The fourth-order valence-electron chi connectivity index (χ4n) is 2.06. The summed E-state index contributed by atoms with van der Waals surface area (Å²) in [6.07, 6.45) is -5.80. The average molecular weight is 311 g/mol. The Hall–Kier alpha value is -1.64. The fourth-order valence-corrected chi connectivity index (χ4v) is 3.94. The quantitative estimate of drug-likeness (QED) is 0.799. The standard InChI is InChI=1S/C11H9F4NO3S/c12-8-3-1-7(2-4-8)10(11(13,14)15)16-9(17)5-6-20(10,18)19/h1-4H,5-6H2,(H,16,17). The molecule has 110 valence electrons. The molecule has 0 bridgehead atoms. The Morgan fingerprint density at radius 1 is 1.15 bits per heavy atom. The molecule has 4 nitrogen and oxygen atoms in total. The van der Waals surface area contributed by atoms with Crippen LogP contribution < -0.4 is 5.32 Å². The van der Waals surface area contributed by atoms with E-state index in [1.807, 2.05) is 0 Å². The van der Waals surface area contributed by atoms with Crippen molar-refractivity contribution in [3.8, 4) is 0 Å².